The predicted molar refractivity (Wildman–Crippen MR) is 129 cm³/mol. The maximum absolute atomic E-state index is 13.2. The van der Waals surface area contributed by atoms with E-state index in [2.05, 4.69) is 41.1 Å². The van der Waals surface area contributed by atoms with E-state index in [1.165, 1.54) is 17.3 Å². The lowest BCUT2D eigenvalue weighted by Gasteiger charge is -2.24. The Morgan fingerprint density at radius 2 is 1.78 bits per heavy atom. The third-order valence-corrected chi connectivity index (χ3v) is 7.24. The van der Waals surface area contributed by atoms with Gasteiger partial charge in [0.15, 0.2) is 16.8 Å². The fourth-order valence-electron chi connectivity index (χ4n) is 4.21. The van der Waals surface area contributed by atoms with Crippen LogP contribution in [0, 0.1) is 0 Å². The Kier molecular flexibility index (Phi) is 5.86. The lowest BCUT2D eigenvalue weighted by atomic mass is 9.83. The molecule has 1 aliphatic heterocycles. The third kappa shape index (κ3) is 3.71. The van der Waals surface area contributed by atoms with Gasteiger partial charge in [-0.3, -0.25) is 4.79 Å². The van der Waals surface area contributed by atoms with E-state index in [9.17, 15) is 4.79 Å². The summed E-state index contributed by atoms with van der Waals surface area (Å²) < 4.78 is 7.36. The van der Waals surface area contributed by atoms with Gasteiger partial charge in [0.05, 0.1) is 17.9 Å². The summed E-state index contributed by atoms with van der Waals surface area (Å²) in [5.41, 5.74) is 4.02. The van der Waals surface area contributed by atoms with Gasteiger partial charge in [-0.1, -0.05) is 55.9 Å². The Morgan fingerprint density at radius 3 is 2.50 bits per heavy atom. The standard InChI is InChI=1S/C25H28N4O2S/c1-16(20(30)15-22-25(2,3)18-12-8-9-13-19(18)28(22)4)32-24-27-26-23(29(24)5)17-11-7-10-14-21(17)31-6/h7-16H,1-6H3/b22-15+. The van der Waals surface area contributed by atoms with Gasteiger partial charge < -0.3 is 14.2 Å². The molecule has 0 fully saturated rings. The molecule has 6 nitrogen and oxygen atoms in total. The van der Waals surface area contributed by atoms with Crippen LogP contribution in [-0.4, -0.2) is 40.0 Å². The Hall–Kier alpha value is -3.06. The first-order valence-corrected chi connectivity index (χ1v) is 11.4. The molecule has 0 aliphatic carbocycles. The van der Waals surface area contributed by atoms with Gasteiger partial charge in [-0.15, -0.1) is 10.2 Å². The van der Waals surface area contributed by atoms with Crippen molar-refractivity contribution in [2.75, 3.05) is 19.1 Å². The second kappa shape index (κ2) is 8.47. The highest BCUT2D eigenvalue weighted by Crippen LogP contribution is 2.46. The molecule has 1 aliphatic rings. The van der Waals surface area contributed by atoms with Crippen molar-refractivity contribution in [3.05, 3.63) is 65.9 Å². The molecule has 0 N–H and O–H groups in total. The second-order valence-corrected chi connectivity index (χ2v) is 9.77. The smallest absolute Gasteiger partial charge is 0.191 e. The highest BCUT2D eigenvalue weighted by atomic mass is 32.2. The van der Waals surface area contributed by atoms with Gasteiger partial charge in [0.2, 0.25) is 0 Å². The Labute approximate surface area is 193 Å². The molecule has 0 spiro atoms. The highest BCUT2D eigenvalue weighted by molar-refractivity contribution is 8.00. The first kappa shape index (κ1) is 22.1. The van der Waals surface area contributed by atoms with Crippen LogP contribution in [0.1, 0.15) is 26.3 Å². The maximum Gasteiger partial charge on any atom is 0.191 e. The first-order chi connectivity index (χ1) is 15.3. The Morgan fingerprint density at radius 1 is 1.09 bits per heavy atom. The minimum absolute atomic E-state index is 0.0552. The number of aromatic nitrogens is 3. The number of ether oxygens (including phenoxy) is 1. The molecular formula is C25H28N4O2S. The maximum atomic E-state index is 13.2. The van der Waals surface area contributed by atoms with E-state index in [0.29, 0.717) is 11.0 Å². The van der Waals surface area contributed by atoms with Crippen molar-refractivity contribution >= 4 is 23.2 Å². The van der Waals surface area contributed by atoms with Gasteiger partial charge in [0, 0.05) is 37.0 Å². The van der Waals surface area contributed by atoms with Crippen LogP contribution in [0.4, 0.5) is 5.69 Å². The monoisotopic (exact) mass is 448 g/mol. The number of benzene rings is 2. The molecule has 7 heteroatoms. The van der Waals surface area contributed by atoms with Crippen molar-refractivity contribution in [3.8, 4) is 17.1 Å². The molecule has 2 heterocycles. The predicted octanol–water partition coefficient (Wildman–Crippen LogP) is 4.85. The van der Waals surface area contributed by atoms with Gasteiger partial charge in [0.1, 0.15) is 5.75 Å². The zero-order valence-electron chi connectivity index (χ0n) is 19.3. The SMILES string of the molecule is COc1ccccc1-c1nnc(SC(C)C(=O)/C=C2/N(C)c3ccccc3C2(C)C)n1C. The zero-order valence-corrected chi connectivity index (χ0v) is 20.1. The van der Waals surface area contributed by atoms with E-state index >= 15 is 0 Å². The average Bonchev–Trinajstić information content (AvgIpc) is 3.24. The fourth-order valence-corrected chi connectivity index (χ4v) is 5.04. The topological polar surface area (TPSA) is 60.3 Å². The number of methoxy groups -OCH3 is 1. The van der Waals surface area contributed by atoms with Gasteiger partial charge >= 0.3 is 0 Å². The van der Waals surface area contributed by atoms with Gasteiger partial charge in [-0.05, 0) is 30.7 Å². The third-order valence-electron chi connectivity index (χ3n) is 6.09. The summed E-state index contributed by atoms with van der Waals surface area (Å²) in [6.07, 6.45) is 1.79. The second-order valence-electron chi connectivity index (χ2n) is 8.46. The number of anilines is 1. The number of carbonyl (C=O) groups is 1. The number of rotatable bonds is 6. The van der Waals surface area contributed by atoms with Crippen LogP contribution >= 0.6 is 11.8 Å². The Balaban J connectivity index is 1.56. The molecule has 1 atom stereocenters. The molecule has 0 amide bonds. The zero-order chi connectivity index (χ0) is 23.0. The summed E-state index contributed by atoms with van der Waals surface area (Å²) in [7, 11) is 5.57. The lowest BCUT2D eigenvalue weighted by Crippen LogP contribution is -2.25. The summed E-state index contributed by atoms with van der Waals surface area (Å²) in [5.74, 6) is 1.49. The van der Waals surface area contributed by atoms with Crippen LogP contribution in [0.5, 0.6) is 5.75 Å². The van der Waals surface area contributed by atoms with Crippen molar-refractivity contribution < 1.29 is 9.53 Å². The number of nitrogens with zero attached hydrogens (tertiary/aromatic N) is 4. The quantitative estimate of drug-likeness (QED) is 0.397. The van der Waals surface area contributed by atoms with E-state index in [0.717, 1.165) is 22.7 Å². The number of carbonyl (C=O) groups excluding carboxylic acids is 1. The largest absolute Gasteiger partial charge is 0.496 e. The van der Waals surface area contributed by atoms with Crippen LogP contribution in [-0.2, 0) is 17.3 Å². The van der Waals surface area contributed by atoms with E-state index in [-0.39, 0.29) is 16.4 Å². The molecule has 2 aromatic carbocycles. The molecule has 3 aromatic rings. The summed E-state index contributed by atoms with van der Waals surface area (Å²) >= 11 is 1.41. The molecule has 4 rings (SSSR count). The van der Waals surface area contributed by atoms with Crippen molar-refractivity contribution in [3.63, 3.8) is 0 Å². The number of allylic oxidation sites excluding steroid dienone is 2. The summed E-state index contributed by atoms with van der Waals surface area (Å²) in [6.45, 7) is 6.24. The van der Waals surface area contributed by atoms with E-state index in [1.807, 2.05) is 62.0 Å². The molecule has 0 radical (unpaired) electrons. The van der Waals surface area contributed by atoms with Crippen LogP contribution in [0.25, 0.3) is 11.4 Å². The Bertz CT molecular complexity index is 1200. The van der Waals surface area contributed by atoms with E-state index in [4.69, 9.17) is 4.74 Å². The van der Waals surface area contributed by atoms with Crippen LogP contribution < -0.4 is 9.64 Å². The summed E-state index contributed by atoms with van der Waals surface area (Å²) in [5, 5.41) is 9.07. The summed E-state index contributed by atoms with van der Waals surface area (Å²) in [6, 6.07) is 16.0. The van der Waals surface area contributed by atoms with Crippen molar-refractivity contribution in [1.29, 1.82) is 0 Å². The molecular weight excluding hydrogens is 420 g/mol. The van der Waals surface area contributed by atoms with Crippen LogP contribution in [0.3, 0.4) is 0 Å². The van der Waals surface area contributed by atoms with Gasteiger partial charge in [-0.2, -0.15) is 0 Å². The van der Waals surface area contributed by atoms with Gasteiger partial charge in [-0.25, -0.2) is 0 Å². The molecule has 0 saturated carbocycles. The van der Waals surface area contributed by atoms with E-state index in [1.54, 1.807) is 13.2 Å². The number of ketones is 1. The molecule has 1 unspecified atom stereocenters. The number of hydrogen-bond donors (Lipinski definition) is 0. The first-order valence-electron chi connectivity index (χ1n) is 10.5. The fraction of sp³-hybridized carbons (Fsp3) is 0.320. The van der Waals surface area contributed by atoms with E-state index < -0.39 is 0 Å². The molecule has 166 valence electrons. The number of hydrogen-bond acceptors (Lipinski definition) is 6. The molecule has 32 heavy (non-hydrogen) atoms. The minimum atomic E-state index is -0.302. The van der Waals surface area contributed by atoms with Crippen LogP contribution in [0.15, 0.2) is 65.5 Å². The van der Waals surface area contributed by atoms with Crippen molar-refractivity contribution in [1.82, 2.24) is 14.8 Å². The van der Waals surface area contributed by atoms with Gasteiger partial charge in [0.25, 0.3) is 0 Å². The normalized spacial score (nSPS) is 16.8. The number of para-hydroxylation sites is 2. The highest BCUT2D eigenvalue weighted by Gasteiger charge is 2.38. The van der Waals surface area contributed by atoms with Crippen LogP contribution in [0.2, 0.25) is 0 Å². The minimum Gasteiger partial charge on any atom is -0.496 e. The number of fused-ring (bicyclic) bond motifs is 1. The van der Waals surface area contributed by atoms with Crippen molar-refractivity contribution in [2.45, 2.75) is 36.6 Å². The average molecular weight is 449 g/mol. The number of thioether (sulfide) groups is 1. The summed E-state index contributed by atoms with van der Waals surface area (Å²) in [4.78, 5) is 15.3. The molecule has 0 bridgehead atoms. The van der Waals surface area contributed by atoms with Crippen molar-refractivity contribution in [2.24, 2.45) is 7.05 Å². The molecule has 0 saturated heterocycles. The molecule has 1 aromatic heterocycles. The number of likely N-dealkylation sites (N-methyl/N-ethyl adjacent to an activating group) is 1. The lowest BCUT2D eigenvalue weighted by molar-refractivity contribution is -0.114.